The molecule has 0 amide bonds. The Kier molecular flexibility index (Phi) is 4.44. The number of rotatable bonds is 4. The SMILES string of the molecule is CC(C)(C)c1ccc(C(=O)Cn2nnc(-c3cccc(F)c3)n2)cc1. The van der Waals surface area contributed by atoms with Crippen LogP contribution >= 0.6 is 0 Å². The molecular formula is C19H19FN4O. The van der Waals surface area contributed by atoms with Gasteiger partial charge in [0.25, 0.3) is 0 Å². The van der Waals surface area contributed by atoms with Crippen molar-refractivity contribution in [2.75, 3.05) is 0 Å². The van der Waals surface area contributed by atoms with E-state index in [0.717, 1.165) is 5.56 Å². The van der Waals surface area contributed by atoms with E-state index in [0.29, 0.717) is 11.1 Å². The molecule has 1 aromatic heterocycles. The van der Waals surface area contributed by atoms with E-state index in [4.69, 9.17) is 0 Å². The van der Waals surface area contributed by atoms with Crippen LogP contribution in [0.2, 0.25) is 0 Å². The molecule has 0 atom stereocenters. The molecule has 3 aromatic rings. The maximum absolute atomic E-state index is 13.3. The van der Waals surface area contributed by atoms with Gasteiger partial charge in [-0.1, -0.05) is 57.2 Å². The summed E-state index contributed by atoms with van der Waals surface area (Å²) in [6.07, 6.45) is 0. The van der Waals surface area contributed by atoms with Crippen molar-refractivity contribution in [3.05, 3.63) is 65.5 Å². The van der Waals surface area contributed by atoms with Crippen LogP contribution in [0, 0.1) is 5.82 Å². The summed E-state index contributed by atoms with van der Waals surface area (Å²) < 4.78 is 13.3. The van der Waals surface area contributed by atoms with Gasteiger partial charge in [0.1, 0.15) is 12.4 Å². The van der Waals surface area contributed by atoms with Crippen LogP contribution in [0.5, 0.6) is 0 Å². The Morgan fingerprint density at radius 1 is 1.12 bits per heavy atom. The van der Waals surface area contributed by atoms with E-state index in [9.17, 15) is 9.18 Å². The highest BCUT2D eigenvalue weighted by molar-refractivity contribution is 5.95. The average Bonchev–Trinajstić information content (AvgIpc) is 3.03. The number of carbonyl (C=O) groups excluding carboxylic acids is 1. The number of halogens is 1. The number of hydrogen-bond donors (Lipinski definition) is 0. The van der Waals surface area contributed by atoms with Crippen LogP contribution in [0.25, 0.3) is 11.4 Å². The van der Waals surface area contributed by atoms with Crippen molar-refractivity contribution in [3.63, 3.8) is 0 Å². The summed E-state index contributed by atoms with van der Waals surface area (Å²) in [6, 6.07) is 13.5. The van der Waals surface area contributed by atoms with Gasteiger partial charge < -0.3 is 0 Å². The van der Waals surface area contributed by atoms with Gasteiger partial charge in [-0.3, -0.25) is 4.79 Å². The molecule has 3 rings (SSSR count). The molecule has 0 saturated carbocycles. The molecule has 0 spiro atoms. The van der Waals surface area contributed by atoms with Gasteiger partial charge in [-0.15, -0.1) is 10.2 Å². The standard InChI is InChI=1S/C19H19FN4O/c1-19(2,3)15-9-7-13(8-10-15)17(25)12-24-22-18(21-23-24)14-5-4-6-16(20)11-14/h4-11H,12H2,1-3H3. The molecule has 0 saturated heterocycles. The Bertz CT molecular complexity index is 894. The number of carbonyl (C=O) groups is 1. The van der Waals surface area contributed by atoms with Crippen molar-refractivity contribution in [1.29, 1.82) is 0 Å². The lowest BCUT2D eigenvalue weighted by Gasteiger charge is -2.18. The highest BCUT2D eigenvalue weighted by Gasteiger charge is 2.15. The fraction of sp³-hybridized carbons (Fsp3) is 0.263. The van der Waals surface area contributed by atoms with E-state index in [1.807, 2.05) is 24.3 Å². The largest absolute Gasteiger partial charge is 0.292 e. The van der Waals surface area contributed by atoms with E-state index in [1.54, 1.807) is 12.1 Å². The Morgan fingerprint density at radius 2 is 1.84 bits per heavy atom. The number of aromatic nitrogens is 4. The number of benzene rings is 2. The van der Waals surface area contributed by atoms with Gasteiger partial charge >= 0.3 is 0 Å². The molecule has 0 aliphatic rings. The molecule has 2 aromatic carbocycles. The van der Waals surface area contributed by atoms with Crippen molar-refractivity contribution in [2.45, 2.75) is 32.7 Å². The Balaban J connectivity index is 1.73. The third-order valence-electron chi connectivity index (χ3n) is 3.89. The topological polar surface area (TPSA) is 60.7 Å². The first-order valence-electron chi connectivity index (χ1n) is 8.00. The summed E-state index contributed by atoms with van der Waals surface area (Å²) in [6.45, 7) is 6.35. The van der Waals surface area contributed by atoms with Crippen LogP contribution in [0.15, 0.2) is 48.5 Å². The minimum absolute atomic E-state index is 0.0167. The van der Waals surface area contributed by atoms with Crippen molar-refractivity contribution >= 4 is 5.78 Å². The summed E-state index contributed by atoms with van der Waals surface area (Å²) in [5.74, 6) is -0.192. The molecule has 0 aliphatic heterocycles. The highest BCUT2D eigenvalue weighted by atomic mass is 19.1. The molecule has 0 fully saturated rings. The second-order valence-corrected chi connectivity index (χ2v) is 6.90. The molecule has 5 nitrogen and oxygen atoms in total. The van der Waals surface area contributed by atoms with Crippen LogP contribution in [0.4, 0.5) is 4.39 Å². The van der Waals surface area contributed by atoms with E-state index in [-0.39, 0.29) is 29.4 Å². The lowest BCUT2D eigenvalue weighted by Crippen LogP contribution is -2.14. The van der Waals surface area contributed by atoms with Crippen molar-refractivity contribution in [1.82, 2.24) is 20.2 Å². The molecule has 25 heavy (non-hydrogen) atoms. The zero-order valence-electron chi connectivity index (χ0n) is 14.4. The zero-order valence-corrected chi connectivity index (χ0v) is 14.4. The van der Waals surface area contributed by atoms with Crippen molar-refractivity contribution in [2.24, 2.45) is 0 Å². The first-order chi connectivity index (χ1) is 11.8. The Labute approximate surface area is 145 Å². The molecule has 1 heterocycles. The summed E-state index contributed by atoms with van der Waals surface area (Å²) >= 11 is 0. The molecule has 0 radical (unpaired) electrons. The van der Waals surface area contributed by atoms with Crippen LogP contribution < -0.4 is 0 Å². The van der Waals surface area contributed by atoms with E-state index in [2.05, 4.69) is 36.2 Å². The quantitative estimate of drug-likeness (QED) is 0.681. The molecule has 6 heteroatoms. The van der Waals surface area contributed by atoms with Gasteiger partial charge in [0.05, 0.1) is 0 Å². The minimum atomic E-state index is -0.371. The summed E-state index contributed by atoms with van der Waals surface area (Å²) in [5, 5.41) is 11.9. The third kappa shape index (κ3) is 3.96. The lowest BCUT2D eigenvalue weighted by molar-refractivity contribution is 0.0961. The monoisotopic (exact) mass is 338 g/mol. The molecule has 0 unspecified atom stereocenters. The van der Waals surface area contributed by atoms with Gasteiger partial charge in [-0.2, -0.15) is 4.80 Å². The van der Waals surface area contributed by atoms with E-state index in [1.165, 1.54) is 16.9 Å². The second kappa shape index (κ2) is 6.55. The molecular weight excluding hydrogens is 319 g/mol. The van der Waals surface area contributed by atoms with Crippen LogP contribution in [0.3, 0.4) is 0 Å². The Hall–Kier alpha value is -2.89. The molecule has 0 aliphatic carbocycles. The summed E-state index contributed by atoms with van der Waals surface area (Å²) in [7, 11) is 0. The van der Waals surface area contributed by atoms with Gasteiger partial charge in [0.2, 0.25) is 5.82 Å². The fourth-order valence-corrected chi connectivity index (χ4v) is 2.43. The zero-order chi connectivity index (χ0) is 18.0. The highest BCUT2D eigenvalue weighted by Crippen LogP contribution is 2.22. The third-order valence-corrected chi connectivity index (χ3v) is 3.89. The molecule has 128 valence electrons. The maximum atomic E-state index is 13.3. The first-order valence-corrected chi connectivity index (χ1v) is 8.00. The minimum Gasteiger partial charge on any atom is -0.292 e. The van der Waals surface area contributed by atoms with Crippen LogP contribution in [-0.4, -0.2) is 26.0 Å². The summed E-state index contributed by atoms with van der Waals surface area (Å²) in [5.41, 5.74) is 2.32. The van der Waals surface area contributed by atoms with E-state index >= 15 is 0 Å². The molecule has 0 bridgehead atoms. The fourth-order valence-electron chi connectivity index (χ4n) is 2.43. The molecule has 0 N–H and O–H groups in total. The smallest absolute Gasteiger partial charge is 0.205 e. The second-order valence-electron chi connectivity index (χ2n) is 6.90. The predicted molar refractivity (Wildman–Crippen MR) is 92.7 cm³/mol. The maximum Gasteiger partial charge on any atom is 0.205 e. The first kappa shape index (κ1) is 17.0. The number of nitrogens with zero attached hydrogens (tertiary/aromatic N) is 4. The lowest BCUT2D eigenvalue weighted by atomic mass is 9.86. The number of tetrazole rings is 1. The van der Waals surface area contributed by atoms with Gasteiger partial charge in [-0.05, 0) is 28.3 Å². The predicted octanol–water partition coefficient (Wildman–Crippen LogP) is 3.66. The van der Waals surface area contributed by atoms with Gasteiger partial charge in [0, 0.05) is 11.1 Å². The summed E-state index contributed by atoms with van der Waals surface area (Å²) in [4.78, 5) is 13.6. The average molecular weight is 338 g/mol. The normalized spacial score (nSPS) is 11.5. The Morgan fingerprint density at radius 3 is 2.48 bits per heavy atom. The number of Topliss-reactive ketones (excluding diaryl/α,β-unsaturated/α-hetero) is 1. The van der Waals surface area contributed by atoms with Crippen LogP contribution in [0.1, 0.15) is 36.7 Å². The van der Waals surface area contributed by atoms with Gasteiger partial charge in [0.15, 0.2) is 5.78 Å². The number of hydrogen-bond acceptors (Lipinski definition) is 4. The van der Waals surface area contributed by atoms with Crippen molar-refractivity contribution < 1.29 is 9.18 Å². The van der Waals surface area contributed by atoms with Crippen molar-refractivity contribution in [3.8, 4) is 11.4 Å². The van der Waals surface area contributed by atoms with Gasteiger partial charge in [-0.25, -0.2) is 4.39 Å². The van der Waals surface area contributed by atoms with Crippen LogP contribution in [-0.2, 0) is 12.0 Å². The van der Waals surface area contributed by atoms with E-state index < -0.39 is 0 Å². The number of ketones is 1.